The van der Waals surface area contributed by atoms with E-state index in [-0.39, 0.29) is 13.2 Å². The highest BCUT2D eigenvalue weighted by Crippen LogP contribution is 2.28. The Kier molecular flexibility index (Phi) is 7.94. The van der Waals surface area contributed by atoms with E-state index in [1.807, 2.05) is 29.2 Å². The van der Waals surface area contributed by atoms with E-state index in [4.69, 9.17) is 25.8 Å². The van der Waals surface area contributed by atoms with Gasteiger partial charge in [0.25, 0.3) is 0 Å². The summed E-state index contributed by atoms with van der Waals surface area (Å²) in [5, 5.41) is 7.35. The van der Waals surface area contributed by atoms with Crippen molar-refractivity contribution in [2.75, 3.05) is 67.7 Å². The second kappa shape index (κ2) is 11.7. The molecule has 1 atom stereocenters. The molecule has 12 heteroatoms. The van der Waals surface area contributed by atoms with Crippen LogP contribution in [0.15, 0.2) is 48.5 Å². The van der Waals surface area contributed by atoms with Crippen LogP contribution in [0, 0.1) is 5.82 Å². The number of anilines is 3. The molecule has 3 heterocycles. The van der Waals surface area contributed by atoms with Gasteiger partial charge >= 0.3 is 12.2 Å². The second-order valence-corrected chi connectivity index (χ2v) is 9.27. The van der Waals surface area contributed by atoms with E-state index >= 15 is 0 Å². The number of rotatable bonds is 8. The number of amides is 2. The zero-order chi connectivity index (χ0) is 26.5. The quantitative estimate of drug-likeness (QED) is 0.410. The minimum atomic E-state index is -0.663. The molecule has 0 bridgehead atoms. The summed E-state index contributed by atoms with van der Waals surface area (Å²) in [6.07, 6.45) is -1.92. The molecular formula is C26H27ClFN5O5. The van der Waals surface area contributed by atoms with E-state index in [0.717, 1.165) is 10.9 Å². The first-order chi connectivity index (χ1) is 18.5. The lowest BCUT2D eigenvalue weighted by Gasteiger charge is -2.29. The summed E-state index contributed by atoms with van der Waals surface area (Å²) in [6.45, 7) is 3.05. The van der Waals surface area contributed by atoms with Crippen molar-refractivity contribution in [3.8, 4) is 0 Å². The van der Waals surface area contributed by atoms with Crippen LogP contribution >= 0.6 is 11.6 Å². The van der Waals surface area contributed by atoms with Crippen LogP contribution < -0.4 is 20.4 Å². The zero-order valence-corrected chi connectivity index (χ0v) is 21.2. The summed E-state index contributed by atoms with van der Waals surface area (Å²) >= 11 is 5.99. The number of halogens is 2. The number of carbonyl (C=O) groups excluding carboxylic acids is 2. The highest BCUT2D eigenvalue weighted by molar-refractivity contribution is 6.31. The average Bonchev–Trinajstić information content (AvgIpc) is 3.30. The van der Waals surface area contributed by atoms with Crippen LogP contribution in [0.25, 0.3) is 10.9 Å². The van der Waals surface area contributed by atoms with E-state index in [0.29, 0.717) is 61.6 Å². The van der Waals surface area contributed by atoms with Crippen molar-refractivity contribution in [1.82, 2.24) is 10.3 Å². The van der Waals surface area contributed by atoms with Crippen LogP contribution in [0.4, 0.5) is 31.2 Å². The maximum atomic E-state index is 14.8. The Labute approximate surface area is 223 Å². The molecule has 2 aliphatic rings. The van der Waals surface area contributed by atoms with Gasteiger partial charge in [-0.05, 0) is 48.5 Å². The number of benzene rings is 2. The molecule has 0 spiro atoms. The Bertz CT molecular complexity index is 1320. The number of pyridine rings is 1. The van der Waals surface area contributed by atoms with Gasteiger partial charge in [0.05, 0.1) is 36.6 Å². The van der Waals surface area contributed by atoms with Gasteiger partial charge in [-0.15, -0.1) is 0 Å². The molecule has 0 unspecified atom stereocenters. The lowest BCUT2D eigenvalue weighted by atomic mass is 10.2. The molecule has 2 fully saturated rings. The molecule has 0 radical (unpaired) electrons. The fourth-order valence-electron chi connectivity index (χ4n) is 4.31. The van der Waals surface area contributed by atoms with Gasteiger partial charge in [-0.1, -0.05) is 11.6 Å². The third-order valence-electron chi connectivity index (χ3n) is 6.22. The van der Waals surface area contributed by atoms with E-state index in [1.54, 1.807) is 18.2 Å². The number of alkyl carbamates (subject to hydrolysis) is 1. The highest BCUT2D eigenvalue weighted by atomic mass is 35.5. The molecule has 1 aromatic heterocycles. The van der Waals surface area contributed by atoms with Crippen molar-refractivity contribution in [3.63, 3.8) is 0 Å². The molecule has 200 valence electrons. The number of ether oxygens (including phenoxy) is 3. The van der Waals surface area contributed by atoms with Crippen LogP contribution in [0.5, 0.6) is 0 Å². The SMILES string of the molecule is O=C(NCCNc1ccc2cc(Cl)ccc2n1)OC[C@@H]1CN(c2ccc(N3CCOCC3)c(F)c2)C(=O)O1. The van der Waals surface area contributed by atoms with Gasteiger partial charge < -0.3 is 29.7 Å². The molecule has 2 aliphatic heterocycles. The van der Waals surface area contributed by atoms with Crippen molar-refractivity contribution in [1.29, 1.82) is 0 Å². The average molecular weight is 544 g/mol. The first-order valence-electron chi connectivity index (χ1n) is 12.3. The molecule has 2 amide bonds. The Morgan fingerprint density at radius 2 is 1.97 bits per heavy atom. The van der Waals surface area contributed by atoms with Gasteiger partial charge in [0.2, 0.25) is 0 Å². The van der Waals surface area contributed by atoms with Crippen molar-refractivity contribution >= 4 is 51.9 Å². The van der Waals surface area contributed by atoms with Gasteiger partial charge in [-0.2, -0.15) is 0 Å². The Morgan fingerprint density at radius 3 is 2.79 bits per heavy atom. The van der Waals surface area contributed by atoms with Crippen molar-refractivity contribution in [3.05, 3.63) is 59.4 Å². The summed E-state index contributed by atoms with van der Waals surface area (Å²) in [7, 11) is 0. The lowest BCUT2D eigenvalue weighted by molar-refractivity contribution is 0.0738. The number of nitrogens with zero attached hydrogens (tertiary/aromatic N) is 3. The summed E-state index contributed by atoms with van der Waals surface area (Å²) in [5.41, 5.74) is 1.66. The summed E-state index contributed by atoms with van der Waals surface area (Å²) in [4.78, 5) is 32.2. The molecule has 2 aromatic carbocycles. The number of nitrogens with one attached hydrogen (secondary N) is 2. The monoisotopic (exact) mass is 543 g/mol. The molecule has 0 aliphatic carbocycles. The fraction of sp³-hybridized carbons (Fsp3) is 0.346. The second-order valence-electron chi connectivity index (χ2n) is 8.84. The summed E-state index contributed by atoms with van der Waals surface area (Å²) in [5.74, 6) is 0.246. The molecule has 38 heavy (non-hydrogen) atoms. The maximum absolute atomic E-state index is 14.8. The molecule has 10 nitrogen and oxygen atoms in total. The van der Waals surface area contributed by atoms with E-state index < -0.39 is 24.1 Å². The minimum absolute atomic E-state index is 0.120. The standard InChI is InChI=1S/C26H27ClFN5O5/c27-18-2-4-22-17(13-18)1-6-24(31-22)29-7-8-30-25(34)37-16-20-15-33(26(35)38-20)19-3-5-23(21(28)14-19)32-9-11-36-12-10-32/h1-6,13-14,20H,7-12,15-16H2,(H,29,31)(H,30,34)/t20-/m0/s1. The largest absolute Gasteiger partial charge is 0.446 e. The normalized spacial score (nSPS) is 17.4. The van der Waals surface area contributed by atoms with Gasteiger partial charge in [0, 0.05) is 36.6 Å². The lowest BCUT2D eigenvalue weighted by Crippen LogP contribution is -2.36. The Balaban J connectivity index is 1.04. The molecule has 5 rings (SSSR count). The first-order valence-corrected chi connectivity index (χ1v) is 12.7. The number of aromatic nitrogens is 1. The van der Waals surface area contributed by atoms with Crippen molar-refractivity contribution < 1.29 is 28.2 Å². The summed E-state index contributed by atoms with van der Waals surface area (Å²) < 4.78 is 30.6. The minimum Gasteiger partial charge on any atom is -0.446 e. The van der Waals surface area contributed by atoms with Crippen LogP contribution in [0.2, 0.25) is 5.02 Å². The van der Waals surface area contributed by atoms with E-state index in [2.05, 4.69) is 15.6 Å². The molecule has 0 saturated carbocycles. The number of carbonyl (C=O) groups is 2. The Morgan fingerprint density at radius 1 is 1.13 bits per heavy atom. The predicted octanol–water partition coefficient (Wildman–Crippen LogP) is 4.03. The smallest absolute Gasteiger partial charge is 0.414 e. The summed E-state index contributed by atoms with van der Waals surface area (Å²) in [6, 6.07) is 13.8. The topological polar surface area (TPSA) is 105 Å². The predicted molar refractivity (Wildman–Crippen MR) is 142 cm³/mol. The van der Waals surface area contributed by atoms with Gasteiger partial charge in [0.15, 0.2) is 6.10 Å². The number of hydrogen-bond acceptors (Lipinski definition) is 8. The zero-order valence-electron chi connectivity index (χ0n) is 20.5. The van der Waals surface area contributed by atoms with E-state index in [9.17, 15) is 14.0 Å². The molecular weight excluding hydrogens is 517 g/mol. The Hall–Kier alpha value is -3.83. The van der Waals surface area contributed by atoms with Gasteiger partial charge in [0.1, 0.15) is 18.2 Å². The maximum Gasteiger partial charge on any atom is 0.414 e. The fourth-order valence-corrected chi connectivity index (χ4v) is 4.49. The number of hydrogen-bond donors (Lipinski definition) is 2. The van der Waals surface area contributed by atoms with Crippen LogP contribution in [-0.4, -0.2) is 75.8 Å². The number of fused-ring (bicyclic) bond motifs is 1. The molecule has 2 saturated heterocycles. The van der Waals surface area contributed by atoms with Crippen molar-refractivity contribution in [2.24, 2.45) is 0 Å². The number of morpholine rings is 1. The van der Waals surface area contributed by atoms with Crippen LogP contribution in [-0.2, 0) is 14.2 Å². The molecule has 3 aromatic rings. The first kappa shape index (κ1) is 25.8. The van der Waals surface area contributed by atoms with Gasteiger partial charge in [-0.25, -0.2) is 19.0 Å². The van der Waals surface area contributed by atoms with Crippen LogP contribution in [0.1, 0.15) is 0 Å². The number of cyclic esters (lactones) is 1. The highest BCUT2D eigenvalue weighted by Gasteiger charge is 2.33. The van der Waals surface area contributed by atoms with Crippen LogP contribution in [0.3, 0.4) is 0 Å². The van der Waals surface area contributed by atoms with Crippen molar-refractivity contribution in [2.45, 2.75) is 6.10 Å². The van der Waals surface area contributed by atoms with Gasteiger partial charge in [-0.3, -0.25) is 4.90 Å². The third-order valence-corrected chi connectivity index (χ3v) is 6.46. The molecule has 2 N–H and O–H groups in total. The third kappa shape index (κ3) is 6.17. The van der Waals surface area contributed by atoms with E-state index in [1.165, 1.54) is 11.0 Å².